The molecule has 0 bridgehead atoms. The van der Waals surface area contributed by atoms with Crippen molar-refractivity contribution in [3.8, 4) is 0 Å². The van der Waals surface area contributed by atoms with Gasteiger partial charge in [0.05, 0.1) is 12.2 Å². The molecule has 0 unspecified atom stereocenters. The van der Waals surface area contributed by atoms with Gasteiger partial charge in [-0.15, -0.1) is 0 Å². The summed E-state index contributed by atoms with van der Waals surface area (Å²) in [7, 11) is 0. The van der Waals surface area contributed by atoms with Crippen LogP contribution in [0.3, 0.4) is 0 Å². The second-order valence-electron chi connectivity index (χ2n) is 3.40. The Morgan fingerprint density at radius 1 is 1.28 bits per heavy atom. The van der Waals surface area contributed by atoms with Crippen LogP contribution in [0.2, 0.25) is 0 Å². The highest BCUT2D eigenvalue weighted by molar-refractivity contribution is 5.92. The lowest BCUT2D eigenvalue weighted by Gasteiger charge is -2.05. The average Bonchev–Trinajstić information content (AvgIpc) is 2.37. The van der Waals surface area contributed by atoms with Crippen molar-refractivity contribution in [2.75, 3.05) is 11.9 Å². The number of nitrogens with one attached hydrogen (secondary N) is 2. The van der Waals surface area contributed by atoms with Gasteiger partial charge in [0.2, 0.25) is 0 Å². The number of anilines is 1. The molecule has 96 valence electrons. The van der Waals surface area contributed by atoms with E-state index in [0.29, 0.717) is 17.9 Å². The Balaban J connectivity index is 2.60. The molecule has 0 aliphatic rings. The van der Waals surface area contributed by atoms with Crippen LogP contribution in [0.4, 0.5) is 10.5 Å². The number of hydrogen-bond acceptors (Lipinski definition) is 3. The fraction of sp³-hybridized carbons (Fsp3) is 0.231. The van der Waals surface area contributed by atoms with Crippen molar-refractivity contribution in [2.24, 2.45) is 0 Å². The molecule has 0 aliphatic heterocycles. The molecular formula is C13H16N2O3. The van der Waals surface area contributed by atoms with Gasteiger partial charge < -0.3 is 15.4 Å². The van der Waals surface area contributed by atoms with Crippen LogP contribution in [0.5, 0.6) is 0 Å². The molecule has 0 radical (unpaired) electrons. The smallest absolute Gasteiger partial charge is 0.338 e. The molecule has 18 heavy (non-hydrogen) atoms. The third-order valence-electron chi connectivity index (χ3n) is 2.03. The molecule has 0 fully saturated rings. The highest BCUT2D eigenvalue weighted by Gasteiger charge is 2.06. The van der Waals surface area contributed by atoms with Gasteiger partial charge in [0.1, 0.15) is 0 Å². The van der Waals surface area contributed by atoms with E-state index in [1.807, 2.05) is 0 Å². The lowest BCUT2D eigenvalue weighted by molar-refractivity contribution is 0.0526. The van der Waals surface area contributed by atoms with Crippen molar-refractivity contribution < 1.29 is 14.3 Å². The van der Waals surface area contributed by atoms with Crippen molar-refractivity contribution in [1.82, 2.24) is 5.32 Å². The summed E-state index contributed by atoms with van der Waals surface area (Å²) in [4.78, 5) is 22.7. The standard InChI is InChI=1S/C13H16N2O3/c1-3-9-14-13(17)15-11-7-5-10(6-8-11)12(16)18-4-2/h3,5-9H,4H2,1-2H3,(H2,14,15,17)/b9-3+. The third kappa shape index (κ3) is 4.29. The van der Waals surface area contributed by atoms with Crippen LogP contribution in [-0.4, -0.2) is 18.6 Å². The zero-order valence-corrected chi connectivity index (χ0v) is 10.4. The number of benzene rings is 1. The molecule has 1 aromatic rings. The monoisotopic (exact) mass is 248 g/mol. The van der Waals surface area contributed by atoms with E-state index < -0.39 is 0 Å². The first-order valence-corrected chi connectivity index (χ1v) is 5.63. The van der Waals surface area contributed by atoms with E-state index in [9.17, 15) is 9.59 Å². The van der Waals surface area contributed by atoms with Crippen LogP contribution in [0, 0.1) is 0 Å². The maximum absolute atomic E-state index is 11.4. The molecule has 2 N–H and O–H groups in total. The van der Waals surface area contributed by atoms with E-state index in [2.05, 4.69) is 10.6 Å². The molecule has 0 atom stereocenters. The number of carbonyl (C=O) groups excluding carboxylic acids is 2. The van der Waals surface area contributed by atoms with Crippen LogP contribution in [0.15, 0.2) is 36.5 Å². The predicted octanol–water partition coefficient (Wildman–Crippen LogP) is 2.52. The molecule has 5 nitrogen and oxygen atoms in total. The molecule has 0 aromatic heterocycles. The van der Waals surface area contributed by atoms with Crippen LogP contribution < -0.4 is 10.6 Å². The largest absolute Gasteiger partial charge is 0.462 e. The summed E-state index contributed by atoms with van der Waals surface area (Å²) in [6.45, 7) is 3.89. The number of carbonyl (C=O) groups is 2. The number of ether oxygens (including phenoxy) is 1. The summed E-state index contributed by atoms with van der Waals surface area (Å²) in [6, 6.07) is 6.15. The minimum Gasteiger partial charge on any atom is -0.462 e. The number of allylic oxidation sites excluding steroid dienone is 1. The van der Waals surface area contributed by atoms with E-state index in [1.54, 1.807) is 44.2 Å². The van der Waals surface area contributed by atoms with Gasteiger partial charge in [-0.2, -0.15) is 0 Å². The Hall–Kier alpha value is -2.30. The maximum atomic E-state index is 11.4. The van der Waals surface area contributed by atoms with Crippen molar-refractivity contribution >= 4 is 17.7 Å². The second-order valence-corrected chi connectivity index (χ2v) is 3.40. The van der Waals surface area contributed by atoms with Crippen molar-refractivity contribution in [2.45, 2.75) is 13.8 Å². The van der Waals surface area contributed by atoms with Gasteiger partial charge in [-0.1, -0.05) is 6.08 Å². The normalized spacial score (nSPS) is 10.1. The molecule has 0 saturated carbocycles. The zero-order valence-electron chi connectivity index (χ0n) is 10.4. The summed E-state index contributed by atoms with van der Waals surface area (Å²) < 4.78 is 4.85. The van der Waals surface area contributed by atoms with Gasteiger partial charge in [-0.25, -0.2) is 9.59 Å². The zero-order chi connectivity index (χ0) is 13.4. The van der Waals surface area contributed by atoms with Crippen LogP contribution in [0.1, 0.15) is 24.2 Å². The Morgan fingerprint density at radius 3 is 2.50 bits per heavy atom. The van der Waals surface area contributed by atoms with Crippen molar-refractivity contribution in [3.05, 3.63) is 42.1 Å². The number of hydrogen-bond donors (Lipinski definition) is 2. The van der Waals surface area contributed by atoms with E-state index in [0.717, 1.165) is 0 Å². The molecule has 1 aromatic carbocycles. The first-order chi connectivity index (χ1) is 8.67. The van der Waals surface area contributed by atoms with Gasteiger partial charge in [0, 0.05) is 11.9 Å². The quantitative estimate of drug-likeness (QED) is 0.804. The highest BCUT2D eigenvalue weighted by Crippen LogP contribution is 2.10. The maximum Gasteiger partial charge on any atom is 0.338 e. The van der Waals surface area contributed by atoms with Gasteiger partial charge in [-0.05, 0) is 38.1 Å². The molecule has 5 heteroatoms. The molecule has 0 aliphatic carbocycles. The number of esters is 1. The fourth-order valence-corrected chi connectivity index (χ4v) is 1.23. The number of urea groups is 1. The van der Waals surface area contributed by atoms with Gasteiger partial charge in [-0.3, -0.25) is 0 Å². The molecule has 0 heterocycles. The van der Waals surface area contributed by atoms with E-state index in [4.69, 9.17) is 4.74 Å². The van der Waals surface area contributed by atoms with E-state index in [-0.39, 0.29) is 12.0 Å². The summed E-state index contributed by atoms with van der Waals surface area (Å²) >= 11 is 0. The van der Waals surface area contributed by atoms with Crippen molar-refractivity contribution in [1.29, 1.82) is 0 Å². The van der Waals surface area contributed by atoms with E-state index >= 15 is 0 Å². The Morgan fingerprint density at radius 2 is 1.94 bits per heavy atom. The SMILES string of the molecule is C/C=C/NC(=O)Nc1ccc(C(=O)OCC)cc1. The van der Waals surface area contributed by atoms with Crippen LogP contribution in [-0.2, 0) is 4.74 Å². The summed E-state index contributed by atoms with van der Waals surface area (Å²) in [6.07, 6.45) is 3.24. The van der Waals surface area contributed by atoms with Crippen molar-refractivity contribution in [3.63, 3.8) is 0 Å². The number of rotatable bonds is 4. The second kappa shape index (κ2) is 7.11. The topological polar surface area (TPSA) is 67.4 Å². The molecule has 0 saturated heterocycles. The molecule has 2 amide bonds. The minimum absolute atomic E-state index is 0.336. The Bertz CT molecular complexity index is 438. The summed E-state index contributed by atoms with van der Waals surface area (Å²) in [5, 5.41) is 5.14. The number of amides is 2. The fourth-order valence-electron chi connectivity index (χ4n) is 1.23. The van der Waals surface area contributed by atoms with Gasteiger partial charge in [0.15, 0.2) is 0 Å². The third-order valence-corrected chi connectivity index (χ3v) is 2.03. The van der Waals surface area contributed by atoms with Gasteiger partial charge >= 0.3 is 12.0 Å². The first kappa shape index (κ1) is 13.8. The highest BCUT2D eigenvalue weighted by atomic mass is 16.5. The summed E-state index contributed by atoms with van der Waals surface area (Å²) in [5.74, 6) is -0.373. The Labute approximate surface area is 106 Å². The lowest BCUT2D eigenvalue weighted by atomic mass is 10.2. The average molecular weight is 248 g/mol. The molecule has 0 spiro atoms. The van der Waals surface area contributed by atoms with Crippen LogP contribution >= 0.6 is 0 Å². The summed E-state index contributed by atoms with van der Waals surface area (Å²) in [5.41, 5.74) is 1.06. The minimum atomic E-state index is -0.373. The predicted molar refractivity (Wildman–Crippen MR) is 69.4 cm³/mol. The molecular weight excluding hydrogens is 232 g/mol. The van der Waals surface area contributed by atoms with E-state index in [1.165, 1.54) is 6.20 Å². The van der Waals surface area contributed by atoms with Gasteiger partial charge in [0.25, 0.3) is 0 Å². The molecule has 1 rings (SSSR count). The lowest BCUT2D eigenvalue weighted by Crippen LogP contribution is -2.23. The van der Waals surface area contributed by atoms with Crippen LogP contribution in [0.25, 0.3) is 0 Å². The first-order valence-electron chi connectivity index (χ1n) is 5.63. The Kier molecular flexibility index (Phi) is 5.44.